The van der Waals surface area contributed by atoms with Crippen molar-refractivity contribution in [1.82, 2.24) is 4.90 Å². The second-order valence-electron chi connectivity index (χ2n) is 8.02. The number of nitrogens with zero attached hydrogens (tertiary/aromatic N) is 1. The van der Waals surface area contributed by atoms with E-state index in [1.807, 2.05) is 18.2 Å². The number of nitrogens with two attached hydrogens (primary N) is 1. The minimum absolute atomic E-state index is 0.156. The molecule has 0 aromatic heterocycles. The molecule has 2 N–H and O–H groups in total. The Bertz CT molecular complexity index is 984. The minimum atomic E-state index is -0.495. The summed E-state index contributed by atoms with van der Waals surface area (Å²) in [7, 11) is 3.20. The van der Waals surface area contributed by atoms with Gasteiger partial charge in [0.15, 0.2) is 11.5 Å². The molecule has 2 aromatic rings. The SMILES string of the molecule is COCCC(c1ccc(OC)c(OC2CCCC2)c1)N1C(=O)c2ccc(N)cc2C1=O. The van der Waals surface area contributed by atoms with Crippen molar-refractivity contribution in [2.45, 2.75) is 44.2 Å². The smallest absolute Gasteiger partial charge is 0.262 e. The number of imide groups is 1. The fourth-order valence-corrected chi connectivity index (χ4v) is 4.41. The van der Waals surface area contributed by atoms with Crippen LogP contribution in [0, 0.1) is 0 Å². The summed E-state index contributed by atoms with van der Waals surface area (Å²) >= 11 is 0. The Kier molecular flexibility index (Phi) is 6.13. The first kappa shape index (κ1) is 21.2. The zero-order valence-electron chi connectivity index (χ0n) is 17.9. The Morgan fingerprint density at radius 2 is 1.74 bits per heavy atom. The maximum Gasteiger partial charge on any atom is 0.262 e. The van der Waals surface area contributed by atoms with E-state index < -0.39 is 6.04 Å². The van der Waals surface area contributed by atoms with Crippen LogP contribution in [0.15, 0.2) is 36.4 Å². The number of fused-ring (bicyclic) bond motifs is 1. The fraction of sp³-hybridized carbons (Fsp3) is 0.417. The first-order valence-corrected chi connectivity index (χ1v) is 10.6. The molecule has 1 saturated carbocycles. The van der Waals surface area contributed by atoms with Crippen LogP contribution in [0.25, 0.3) is 0 Å². The number of ether oxygens (including phenoxy) is 3. The lowest BCUT2D eigenvalue weighted by atomic mass is 10.0. The molecule has 7 heteroatoms. The molecule has 0 spiro atoms. The second-order valence-corrected chi connectivity index (χ2v) is 8.02. The molecule has 1 unspecified atom stereocenters. The quantitative estimate of drug-likeness (QED) is 0.509. The monoisotopic (exact) mass is 424 g/mol. The molecule has 4 rings (SSSR count). The van der Waals surface area contributed by atoms with Gasteiger partial charge in [-0.1, -0.05) is 6.07 Å². The first-order chi connectivity index (χ1) is 15.0. The van der Waals surface area contributed by atoms with Crippen molar-refractivity contribution < 1.29 is 23.8 Å². The lowest BCUT2D eigenvalue weighted by Gasteiger charge is -2.27. The van der Waals surface area contributed by atoms with Crippen LogP contribution in [0.3, 0.4) is 0 Å². The van der Waals surface area contributed by atoms with Crippen LogP contribution >= 0.6 is 0 Å². The van der Waals surface area contributed by atoms with Crippen molar-refractivity contribution >= 4 is 17.5 Å². The van der Waals surface area contributed by atoms with Crippen LogP contribution in [0.5, 0.6) is 11.5 Å². The third-order valence-electron chi connectivity index (χ3n) is 6.02. The maximum absolute atomic E-state index is 13.2. The van der Waals surface area contributed by atoms with E-state index in [0.29, 0.717) is 41.3 Å². The standard InChI is InChI=1S/C24H28N2O5/c1-29-12-11-20(26-23(27)18-9-8-16(25)14-19(18)24(26)28)15-7-10-21(30-2)22(13-15)31-17-5-3-4-6-17/h7-10,13-14,17,20H,3-6,11-12,25H2,1-2H3. The van der Waals surface area contributed by atoms with Gasteiger partial charge in [-0.05, 0) is 68.0 Å². The van der Waals surface area contributed by atoms with Crippen LogP contribution in [-0.2, 0) is 4.74 Å². The lowest BCUT2D eigenvalue weighted by Crippen LogP contribution is -2.34. The van der Waals surface area contributed by atoms with Gasteiger partial charge in [0.05, 0.1) is 30.4 Å². The van der Waals surface area contributed by atoms with Crippen LogP contribution in [0.2, 0.25) is 0 Å². The number of anilines is 1. The summed E-state index contributed by atoms with van der Waals surface area (Å²) in [6, 6.07) is 9.90. The van der Waals surface area contributed by atoms with Crippen molar-refractivity contribution in [3.63, 3.8) is 0 Å². The van der Waals surface area contributed by atoms with Crippen LogP contribution in [-0.4, -0.2) is 43.6 Å². The van der Waals surface area contributed by atoms with Crippen molar-refractivity contribution in [2.24, 2.45) is 0 Å². The second kappa shape index (κ2) is 8.98. The van der Waals surface area contributed by atoms with Gasteiger partial charge in [0.1, 0.15) is 0 Å². The largest absolute Gasteiger partial charge is 0.493 e. The van der Waals surface area contributed by atoms with Gasteiger partial charge in [-0.3, -0.25) is 14.5 Å². The number of carbonyl (C=O) groups is 2. The number of rotatable bonds is 8. The van der Waals surface area contributed by atoms with Crippen molar-refractivity contribution in [3.8, 4) is 11.5 Å². The van der Waals surface area contributed by atoms with Gasteiger partial charge >= 0.3 is 0 Å². The van der Waals surface area contributed by atoms with E-state index in [1.165, 1.54) is 4.90 Å². The van der Waals surface area contributed by atoms with E-state index in [9.17, 15) is 9.59 Å². The number of amides is 2. The van der Waals surface area contributed by atoms with Gasteiger partial charge in [0, 0.05) is 19.4 Å². The van der Waals surface area contributed by atoms with Crippen molar-refractivity contribution in [3.05, 3.63) is 53.1 Å². The average molecular weight is 424 g/mol. The van der Waals surface area contributed by atoms with Crippen molar-refractivity contribution in [2.75, 3.05) is 26.6 Å². The summed E-state index contributed by atoms with van der Waals surface area (Å²) in [5.74, 6) is 0.601. The van der Waals surface area contributed by atoms with E-state index in [-0.39, 0.29) is 17.9 Å². The summed E-state index contributed by atoms with van der Waals surface area (Å²) in [6.07, 6.45) is 4.96. The molecule has 2 aliphatic rings. The third-order valence-corrected chi connectivity index (χ3v) is 6.02. The number of hydrogen-bond acceptors (Lipinski definition) is 6. The van der Waals surface area contributed by atoms with Crippen molar-refractivity contribution in [1.29, 1.82) is 0 Å². The summed E-state index contributed by atoms with van der Waals surface area (Å²) in [4.78, 5) is 27.6. The molecule has 31 heavy (non-hydrogen) atoms. The normalized spacial score (nSPS) is 17.2. The summed E-state index contributed by atoms with van der Waals surface area (Å²) in [5.41, 5.74) is 7.81. The number of benzene rings is 2. The van der Waals surface area contributed by atoms with E-state index in [0.717, 1.165) is 31.2 Å². The molecule has 164 valence electrons. The predicted octanol–water partition coefficient (Wildman–Crippen LogP) is 3.97. The highest BCUT2D eigenvalue weighted by molar-refractivity contribution is 6.22. The maximum atomic E-state index is 13.2. The molecule has 1 aliphatic heterocycles. The number of hydrogen-bond donors (Lipinski definition) is 1. The molecule has 0 radical (unpaired) electrons. The fourth-order valence-electron chi connectivity index (χ4n) is 4.41. The van der Waals surface area contributed by atoms with Gasteiger partial charge < -0.3 is 19.9 Å². The molecular weight excluding hydrogens is 396 g/mol. The lowest BCUT2D eigenvalue weighted by molar-refractivity contribution is 0.0544. The Labute approximate surface area is 182 Å². The number of carbonyl (C=O) groups excluding carboxylic acids is 2. The molecule has 2 aromatic carbocycles. The Morgan fingerprint density at radius 1 is 1.00 bits per heavy atom. The van der Waals surface area contributed by atoms with E-state index >= 15 is 0 Å². The van der Waals surface area contributed by atoms with Crippen LogP contribution in [0.4, 0.5) is 5.69 Å². The summed E-state index contributed by atoms with van der Waals surface area (Å²) in [5, 5.41) is 0. The molecule has 1 heterocycles. The molecule has 1 aliphatic carbocycles. The molecule has 0 saturated heterocycles. The highest BCUT2D eigenvalue weighted by Crippen LogP contribution is 2.39. The molecule has 0 bridgehead atoms. The summed E-state index contributed by atoms with van der Waals surface area (Å²) < 4.78 is 17.0. The number of nitrogen functional groups attached to an aromatic ring is 1. The highest BCUT2D eigenvalue weighted by atomic mass is 16.5. The van der Waals surface area contributed by atoms with Gasteiger partial charge in [-0.15, -0.1) is 0 Å². The van der Waals surface area contributed by atoms with Gasteiger partial charge in [0.2, 0.25) is 0 Å². The number of methoxy groups -OCH3 is 2. The van der Waals surface area contributed by atoms with Crippen LogP contribution < -0.4 is 15.2 Å². The van der Waals surface area contributed by atoms with E-state index in [2.05, 4.69) is 0 Å². The summed E-state index contributed by atoms with van der Waals surface area (Å²) in [6.45, 7) is 0.394. The average Bonchev–Trinajstić information content (AvgIpc) is 3.36. The van der Waals surface area contributed by atoms with Gasteiger partial charge in [0.25, 0.3) is 11.8 Å². The topological polar surface area (TPSA) is 91.1 Å². The van der Waals surface area contributed by atoms with E-state index in [4.69, 9.17) is 19.9 Å². The predicted molar refractivity (Wildman–Crippen MR) is 116 cm³/mol. The Morgan fingerprint density at radius 3 is 2.45 bits per heavy atom. The minimum Gasteiger partial charge on any atom is -0.493 e. The Hall–Kier alpha value is -3.06. The van der Waals surface area contributed by atoms with E-state index in [1.54, 1.807) is 32.4 Å². The molecule has 1 fully saturated rings. The molecule has 7 nitrogen and oxygen atoms in total. The first-order valence-electron chi connectivity index (χ1n) is 10.6. The van der Waals surface area contributed by atoms with Gasteiger partial charge in [-0.2, -0.15) is 0 Å². The molecule has 2 amide bonds. The third kappa shape index (κ3) is 4.10. The van der Waals surface area contributed by atoms with Crippen LogP contribution in [0.1, 0.15) is 64.4 Å². The highest BCUT2D eigenvalue weighted by Gasteiger charge is 2.40. The Balaban J connectivity index is 1.70. The van der Waals surface area contributed by atoms with Gasteiger partial charge in [-0.25, -0.2) is 0 Å². The molecule has 1 atom stereocenters. The molecular formula is C24H28N2O5. The zero-order chi connectivity index (χ0) is 22.0. The zero-order valence-corrected chi connectivity index (χ0v) is 17.9.